The number of pyridine rings is 1. The fraction of sp³-hybridized carbons (Fsp3) is 0.278. The Kier molecular flexibility index (Phi) is 3.33. The van der Waals surface area contributed by atoms with Gasteiger partial charge in [0, 0.05) is 23.8 Å². The largest absolute Gasteiger partial charge is 0.332 e. The molecule has 3 aromatic rings. The average Bonchev–Trinajstić information content (AvgIpc) is 3.22. The zero-order chi connectivity index (χ0) is 15.8. The zero-order valence-electron chi connectivity index (χ0n) is 13.0. The Labute approximate surface area is 134 Å². The lowest BCUT2D eigenvalue weighted by molar-refractivity contribution is 0.0735. The van der Waals surface area contributed by atoms with Crippen LogP contribution in [0.3, 0.4) is 0 Å². The van der Waals surface area contributed by atoms with Gasteiger partial charge in [-0.15, -0.1) is 0 Å². The van der Waals surface area contributed by atoms with Gasteiger partial charge in [-0.25, -0.2) is 4.98 Å². The molecule has 1 atom stereocenters. The molecular weight excluding hydrogens is 288 g/mol. The maximum atomic E-state index is 13.0. The summed E-state index contributed by atoms with van der Waals surface area (Å²) < 4.78 is 0. The van der Waals surface area contributed by atoms with Crippen LogP contribution >= 0.6 is 0 Å². The highest BCUT2D eigenvalue weighted by atomic mass is 16.2. The van der Waals surface area contributed by atoms with Crippen molar-refractivity contribution in [2.24, 2.45) is 0 Å². The van der Waals surface area contributed by atoms with Crippen LogP contribution in [0.5, 0.6) is 0 Å². The maximum Gasteiger partial charge on any atom is 0.255 e. The summed E-state index contributed by atoms with van der Waals surface area (Å²) in [5.74, 6) is 0.0475. The molecule has 1 aliphatic heterocycles. The number of nitrogens with zero attached hydrogens (tertiary/aromatic N) is 3. The van der Waals surface area contributed by atoms with Crippen LogP contribution in [0.1, 0.15) is 40.5 Å². The molecule has 5 heteroatoms. The molecular formula is C18H18N4O. The Morgan fingerprint density at radius 1 is 1.30 bits per heavy atom. The molecule has 0 saturated carbocycles. The van der Waals surface area contributed by atoms with E-state index in [4.69, 9.17) is 0 Å². The summed E-state index contributed by atoms with van der Waals surface area (Å²) in [6, 6.07) is 12.3. The van der Waals surface area contributed by atoms with Gasteiger partial charge in [0.05, 0.1) is 11.6 Å². The summed E-state index contributed by atoms with van der Waals surface area (Å²) in [7, 11) is 0. The number of aromatic nitrogens is 3. The van der Waals surface area contributed by atoms with Crippen molar-refractivity contribution in [1.29, 1.82) is 0 Å². The summed E-state index contributed by atoms with van der Waals surface area (Å²) in [6.45, 7) is 2.73. The van der Waals surface area contributed by atoms with Gasteiger partial charge in [0.25, 0.3) is 5.91 Å². The zero-order valence-corrected chi connectivity index (χ0v) is 13.0. The number of hydrogen-bond donors (Lipinski definition) is 1. The second-order valence-corrected chi connectivity index (χ2v) is 6.01. The average molecular weight is 306 g/mol. The van der Waals surface area contributed by atoms with Crippen LogP contribution in [0.15, 0.2) is 42.6 Å². The highest BCUT2D eigenvalue weighted by molar-refractivity contribution is 5.97. The number of carbonyl (C=O) groups excluding carboxylic acids is 1. The van der Waals surface area contributed by atoms with Gasteiger partial charge < -0.3 is 4.90 Å². The molecule has 1 aromatic carbocycles. The van der Waals surface area contributed by atoms with Gasteiger partial charge in [0.2, 0.25) is 0 Å². The van der Waals surface area contributed by atoms with E-state index in [1.54, 1.807) is 6.20 Å². The quantitative estimate of drug-likeness (QED) is 0.790. The lowest BCUT2D eigenvalue weighted by atomic mass is 10.0. The minimum Gasteiger partial charge on any atom is -0.332 e. The fourth-order valence-electron chi connectivity index (χ4n) is 3.33. The Bertz CT molecular complexity index is 856. The Morgan fingerprint density at radius 2 is 2.13 bits per heavy atom. The number of nitrogens with one attached hydrogen (secondary N) is 1. The lowest BCUT2D eigenvalue weighted by Gasteiger charge is -2.25. The molecule has 1 N–H and O–H groups in total. The van der Waals surface area contributed by atoms with Crippen molar-refractivity contribution < 1.29 is 4.79 Å². The molecule has 0 spiro atoms. The number of aromatic amines is 1. The number of rotatable bonds is 2. The number of aryl methyl sites for hydroxylation is 1. The molecule has 0 bridgehead atoms. The normalized spacial score (nSPS) is 17.8. The van der Waals surface area contributed by atoms with Gasteiger partial charge in [-0.1, -0.05) is 30.3 Å². The minimum atomic E-state index is 0.0475. The smallest absolute Gasteiger partial charge is 0.255 e. The van der Waals surface area contributed by atoms with Gasteiger partial charge in [0.1, 0.15) is 0 Å². The molecule has 1 unspecified atom stereocenters. The highest BCUT2D eigenvalue weighted by Gasteiger charge is 2.30. The third-order valence-electron chi connectivity index (χ3n) is 4.55. The first kappa shape index (κ1) is 13.9. The maximum absolute atomic E-state index is 13.0. The van der Waals surface area contributed by atoms with Crippen LogP contribution in [0, 0.1) is 6.92 Å². The van der Waals surface area contributed by atoms with Gasteiger partial charge in [-0.2, -0.15) is 5.10 Å². The molecule has 0 radical (unpaired) electrons. The van der Waals surface area contributed by atoms with Gasteiger partial charge in [0.15, 0.2) is 5.65 Å². The second-order valence-electron chi connectivity index (χ2n) is 6.01. The summed E-state index contributed by atoms with van der Waals surface area (Å²) in [5, 5.41) is 7.94. The second kappa shape index (κ2) is 5.50. The van der Waals surface area contributed by atoms with E-state index in [1.807, 2.05) is 36.1 Å². The molecule has 23 heavy (non-hydrogen) atoms. The van der Waals surface area contributed by atoms with E-state index in [1.165, 1.54) is 5.56 Å². The topological polar surface area (TPSA) is 61.9 Å². The number of hydrogen-bond acceptors (Lipinski definition) is 3. The van der Waals surface area contributed by atoms with Crippen LogP contribution < -0.4 is 0 Å². The van der Waals surface area contributed by atoms with Crippen LogP contribution in [0.4, 0.5) is 0 Å². The molecule has 1 saturated heterocycles. The summed E-state index contributed by atoms with van der Waals surface area (Å²) in [4.78, 5) is 19.2. The Hall–Kier alpha value is -2.69. The van der Waals surface area contributed by atoms with E-state index >= 15 is 0 Å². The molecule has 2 aromatic heterocycles. The molecule has 4 rings (SSSR count). The Morgan fingerprint density at radius 3 is 2.96 bits per heavy atom. The first-order valence-corrected chi connectivity index (χ1v) is 7.90. The van der Waals surface area contributed by atoms with E-state index in [-0.39, 0.29) is 11.9 Å². The van der Waals surface area contributed by atoms with E-state index < -0.39 is 0 Å². The first-order valence-electron chi connectivity index (χ1n) is 7.90. The number of carbonyl (C=O) groups is 1. The van der Waals surface area contributed by atoms with Crippen LogP contribution in [-0.4, -0.2) is 32.5 Å². The van der Waals surface area contributed by atoms with Crippen molar-refractivity contribution in [3.05, 3.63) is 59.4 Å². The molecule has 116 valence electrons. The van der Waals surface area contributed by atoms with Crippen molar-refractivity contribution in [1.82, 2.24) is 20.1 Å². The van der Waals surface area contributed by atoms with Crippen LogP contribution in [0.2, 0.25) is 0 Å². The molecule has 1 amide bonds. The fourth-order valence-corrected chi connectivity index (χ4v) is 3.33. The number of H-pyrrole nitrogens is 1. The molecule has 1 aliphatic rings. The number of fused-ring (bicyclic) bond motifs is 1. The van der Waals surface area contributed by atoms with Crippen molar-refractivity contribution in [2.75, 3.05) is 6.54 Å². The van der Waals surface area contributed by atoms with E-state index in [2.05, 4.69) is 27.3 Å². The van der Waals surface area contributed by atoms with E-state index in [0.29, 0.717) is 11.2 Å². The van der Waals surface area contributed by atoms with Crippen LogP contribution in [0.25, 0.3) is 11.0 Å². The van der Waals surface area contributed by atoms with Crippen LogP contribution in [-0.2, 0) is 0 Å². The SMILES string of the molecule is Cc1[nH]nc2ncc(C(=O)N3CCCC3c3ccccc3)cc12. The highest BCUT2D eigenvalue weighted by Crippen LogP contribution is 2.33. The summed E-state index contributed by atoms with van der Waals surface area (Å²) >= 11 is 0. The number of likely N-dealkylation sites (tertiary alicyclic amines) is 1. The Balaban J connectivity index is 1.68. The number of amides is 1. The van der Waals surface area contributed by atoms with Gasteiger partial charge in [-0.3, -0.25) is 9.89 Å². The van der Waals surface area contributed by atoms with Crippen molar-refractivity contribution in [3.63, 3.8) is 0 Å². The van der Waals surface area contributed by atoms with Crippen molar-refractivity contribution in [2.45, 2.75) is 25.8 Å². The monoisotopic (exact) mass is 306 g/mol. The predicted octanol–water partition coefficient (Wildman–Crippen LogP) is 3.24. The van der Waals surface area contributed by atoms with Gasteiger partial charge >= 0.3 is 0 Å². The molecule has 1 fully saturated rings. The molecule has 5 nitrogen and oxygen atoms in total. The summed E-state index contributed by atoms with van der Waals surface area (Å²) in [6.07, 6.45) is 3.67. The lowest BCUT2D eigenvalue weighted by Crippen LogP contribution is -2.30. The van der Waals surface area contributed by atoms with Crippen molar-refractivity contribution >= 4 is 16.9 Å². The minimum absolute atomic E-state index is 0.0475. The van der Waals surface area contributed by atoms with E-state index in [9.17, 15) is 4.79 Å². The summed E-state index contributed by atoms with van der Waals surface area (Å²) in [5.41, 5.74) is 3.42. The standard InChI is InChI=1S/C18H18N4O/c1-12-15-10-14(11-19-17(15)21-20-12)18(23)22-9-5-8-16(22)13-6-3-2-4-7-13/h2-4,6-7,10-11,16H,5,8-9H2,1H3,(H,19,20,21). The first-order chi connectivity index (χ1) is 11.2. The third-order valence-corrected chi connectivity index (χ3v) is 4.55. The molecule has 0 aliphatic carbocycles. The van der Waals surface area contributed by atoms with E-state index in [0.717, 1.165) is 30.5 Å². The number of benzene rings is 1. The predicted molar refractivity (Wildman–Crippen MR) is 88.1 cm³/mol. The van der Waals surface area contributed by atoms with Crippen molar-refractivity contribution in [3.8, 4) is 0 Å². The molecule has 3 heterocycles. The third kappa shape index (κ3) is 2.38. The van der Waals surface area contributed by atoms with Gasteiger partial charge in [-0.05, 0) is 31.4 Å².